The second-order valence-corrected chi connectivity index (χ2v) is 5.89. The van der Waals surface area contributed by atoms with E-state index in [9.17, 15) is 35.2 Å². The molecule has 11 heteroatoms. The predicted molar refractivity (Wildman–Crippen MR) is 95.6 cm³/mol. The van der Waals surface area contributed by atoms with Gasteiger partial charge >= 0.3 is 0 Å². The molecule has 2 atom stereocenters. The number of aliphatic hydroxyl groups excluding tert-OH is 2. The molecule has 0 amide bonds. The lowest BCUT2D eigenvalue weighted by Crippen LogP contribution is -2.36. The van der Waals surface area contributed by atoms with E-state index in [-0.39, 0.29) is 30.1 Å². The Labute approximate surface area is 155 Å². The third-order valence-electron chi connectivity index (χ3n) is 3.84. The minimum atomic E-state index is -1.48. The number of unbranched alkanes of at least 4 members (excludes halogenated alkanes) is 2. The number of carbonyl (C=O) groups excluding carboxylic acids is 1. The molecule has 3 N–H and O–H groups in total. The van der Waals surface area contributed by atoms with Gasteiger partial charge in [-0.05, 0) is 18.9 Å². The lowest BCUT2D eigenvalue weighted by molar-refractivity contribution is -0.393. The molecule has 27 heavy (non-hydrogen) atoms. The van der Waals surface area contributed by atoms with Gasteiger partial charge in [0.15, 0.2) is 5.78 Å². The summed E-state index contributed by atoms with van der Waals surface area (Å²) in [6.07, 6.45) is -0.943. The van der Waals surface area contributed by atoms with E-state index in [2.05, 4.69) is 10.1 Å². The molecule has 0 saturated carbocycles. The van der Waals surface area contributed by atoms with Crippen molar-refractivity contribution in [3.05, 3.63) is 38.4 Å². The maximum absolute atomic E-state index is 11.7. The van der Waals surface area contributed by atoms with Crippen LogP contribution in [0.5, 0.6) is 0 Å². The highest BCUT2D eigenvalue weighted by atomic mass is 16.6. The summed E-state index contributed by atoms with van der Waals surface area (Å²) in [5.41, 5.74) is -0.561. The number of aliphatic hydroxyl groups is 2. The van der Waals surface area contributed by atoms with Gasteiger partial charge in [-0.15, -0.1) is 0 Å². The Morgan fingerprint density at radius 2 is 1.89 bits per heavy atom. The standard InChI is InChI=1S/C16H23N3O8/c1-27-10-15(21)16(22)14(20)5-3-2-4-8-17-12-7-6-11(18(23)24)9-13(12)19(25)26/h6-7,9,15-17,21-22H,2-5,8,10H2,1H3/t15-,16?/m0/s1. The molecule has 1 aromatic rings. The van der Waals surface area contributed by atoms with Gasteiger partial charge in [-0.25, -0.2) is 0 Å². The number of Topliss-reactive ketones (excluding diaryl/α,β-unsaturated/α-hetero) is 1. The number of carbonyl (C=O) groups is 1. The number of methoxy groups -OCH3 is 1. The largest absolute Gasteiger partial charge is 0.388 e. The Bertz CT molecular complexity index is 667. The number of nitro benzene ring substituents is 2. The molecule has 0 fully saturated rings. The Morgan fingerprint density at radius 3 is 2.48 bits per heavy atom. The van der Waals surface area contributed by atoms with E-state index >= 15 is 0 Å². The average Bonchev–Trinajstić information content (AvgIpc) is 2.63. The van der Waals surface area contributed by atoms with E-state index in [1.54, 1.807) is 0 Å². The van der Waals surface area contributed by atoms with Crippen LogP contribution in [0.25, 0.3) is 0 Å². The van der Waals surface area contributed by atoms with Crippen LogP contribution in [0.2, 0.25) is 0 Å². The third-order valence-corrected chi connectivity index (χ3v) is 3.84. The number of hydrogen-bond acceptors (Lipinski definition) is 9. The summed E-state index contributed by atoms with van der Waals surface area (Å²) < 4.78 is 4.67. The first kappa shape index (κ1) is 22.4. The van der Waals surface area contributed by atoms with Crippen LogP contribution >= 0.6 is 0 Å². The number of nitro groups is 2. The number of nitrogens with one attached hydrogen (secondary N) is 1. The van der Waals surface area contributed by atoms with Crippen molar-refractivity contribution < 1.29 is 29.6 Å². The number of anilines is 1. The van der Waals surface area contributed by atoms with E-state index in [1.807, 2.05) is 0 Å². The average molecular weight is 385 g/mol. The molecule has 0 spiro atoms. The number of ketones is 1. The SMILES string of the molecule is COC[C@H](O)C(O)C(=O)CCCCCNc1ccc([N+](=O)[O-])cc1[N+](=O)[O-]. The van der Waals surface area contributed by atoms with Crippen LogP contribution in [0.4, 0.5) is 17.1 Å². The Kier molecular flexibility index (Phi) is 9.26. The molecule has 1 unspecified atom stereocenters. The van der Waals surface area contributed by atoms with Gasteiger partial charge in [-0.2, -0.15) is 0 Å². The van der Waals surface area contributed by atoms with Gasteiger partial charge in [0.1, 0.15) is 17.9 Å². The first-order chi connectivity index (χ1) is 12.8. The monoisotopic (exact) mass is 385 g/mol. The maximum atomic E-state index is 11.7. The molecule has 0 aliphatic rings. The van der Waals surface area contributed by atoms with Crippen molar-refractivity contribution in [1.29, 1.82) is 0 Å². The van der Waals surface area contributed by atoms with Crippen molar-refractivity contribution in [2.75, 3.05) is 25.6 Å². The van der Waals surface area contributed by atoms with Crippen LogP contribution in [-0.2, 0) is 9.53 Å². The van der Waals surface area contributed by atoms with Gasteiger partial charge in [-0.1, -0.05) is 6.42 Å². The molecule has 0 aliphatic carbocycles. The number of non-ortho nitro benzene ring substituents is 1. The minimum Gasteiger partial charge on any atom is -0.388 e. The molecule has 0 aliphatic heterocycles. The summed E-state index contributed by atoms with van der Waals surface area (Å²) in [7, 11) is 1.35. The van der Waals surface area contributed by atoms with Crippen molar-refractivity contribution in [2.45, 2.75) is 37.9 Å². The molecule has 150 valence electrons. The molecular formula is C16H23N3O8. The Balaban J connectivity index is 2.39. The smallest absolute Gasteiger partial charge is 0.299 e. The van der Waals surface area contributed by atoms with Crippen LogP contribution < -0.4 is 5.32 Å². The summed E-state index contributed by atoms with van der Waals surface area (Å²) in [5, 5.41) is 43.7. The molecule has 1 aromatic carbocycles. The highest BCUT2D eigenvalue weighted by molar-refractivity contribution is 5.83. The quantitative estimate of drug-likeness (QED) is 0.258. The van der Waals surface area contributed by atoms with Crippen molar-refractivity contribution in [3.63, 3.8) is 0 Å². The zero-order chi connectivity index (χ0) is 20.4. The topological polar surface area (TPSA) is 165 Å². The van der Waals surface area contributed by atoms with Crippen LogP contribution in [0, 0.1) is 20.2 Å². The van der Waals surface area contributed by atoms with Gasteiger partial charge in [0.2, 0.25) is 0 Å². The zero-order valence-corrected chi connectivity index (χ0v) is 14.9. The summed E-state index contributed by atoms with van der Waals surface area (Å²) >= 11 is 0. The van der Waals surface area contributed by atoms with E-state index < -0.39 is 27.8 Å². The van der Waals surface area contributed by atoms with Gasteiger partial charge in [0, 0.05) is 26.1 Å². The summed E-state index contributed by atoms with van der Waals surface area (Å²) in [6.45, 7) is 0.243. The molecule has 0 radical (unpaired) electrons. The molecule has 11 nitrogen and oxygen atoms in total. The molecular weight excluding hydrogens is 362 g/mol. The second-order valence-electron chi connectivity index (χ2n) is 5.89. The van der Waals surface area contributed by atoms with Crippen molar-refractivity contribution in [1.82, 2.24) is 0 Å². The Hall–Kier alpha value is -2.63. The maximum Gasteiger partial charge on any atom is 0.299 e. The summed E-state index contributed by atoms with van der Waals surface area (Å²) in [5.74, 6) is -0.474. The lowest BCUT2D eigenvalue weighted by Gasteiger charge is -2.15. The van der Waals surface area contributed by atoms with Crippen molar-refractivity contribution >= 4 is 22.8 Å². The number of nitrogens with zero attached hydrogens (tertiary/aromatic N) is 2. The van der Waals surface area contributed by atoms with Crippen LogP contribution in [0.3, 0.4) is 0 Å². The fraction of sp³-hybridized carbons (Fsp3) is 0.562. The molecule has 0 aromatic heterocycles. The highest BCUT2D eigenvalue weighted by Crippen LogP contribution is 2.28. The predicted octanol–water partition coefficient (Wildman–Crippen LogP) is 1.41. The van der Waals surface area contributed by atoms with Crippen LogP contribution in [0.1, 0.15) is 25.7 Å². The fourth-order valence-electron chi connectivity index (χ4n) is 2.38. The number of hydrogen-bond donors (Lipinski definition) is 3. The number of ether oxygens (including phenoxy) is 1. The second kappa shape index (κ2) is 11.2. The lowest BCUT2D eigenvalue weighted by atomic mass is 10.0. The summed E-state index contributed by atoms with van der Waals surface area (Å²) in [4.78, 5) is 32.0. The van der Waals surface area contributed by atoms with Crippen molar-refractivity contribution in [3.8, 4) is 0 Å². The first-order valence-corrected chi connectivity index (χ1v) is 8.32. The van der Waals surface area contributed by atoms with E-state index in [0.29, 0.717) is 25.8 Å². The van der Waals surface area contributed by atoms with Crippen LogP contribution in [0.15, 0.2) is 18.2 Å². The van der Waals surface area contributed by atoms with E-state index in [1.165, 1.54) is 19.2 Å². The molecule has 0 heterocycles. The molecule has 1 rings (SSSR count). The summed E-state index contributed by atoms with van der Waals surface area (Å²) in [6, 6.07) is 3.36. The van der Waals surface area contributed by atoms with Crippen molar-refractivity contribution in [2.24, 2.45) is 0 Å². The van der Waals surface area contributed by atoms with E-state index in [4.69, 9.17) is 0 Å². The Morgan fingerprint density at radius 1 is 1.19 bits per heavy atom. The minimum absolute atomic E-state index is 0.0968. The fourth-order valence-corrected chi connectivity index (χ4v) is 2.38. The van der Waals surface area contributed by atoms with Gasteiger partial charge < -0.3 is 20.3 Å². The van der Waals surface area contributed by atoms with E-state index in [0.717, 1.165) is 6.07 Å². The number of rotatable bonds is 13. The molecule has 0 saturated heterocycles. The number of benzene rings is 1. The van der Waals surface area contributed by atoms with Gasteiger partial charge in [0.05, 0.1) is 22.5 Å². The third kappa shape index (κ3) is 7.25. The molecule has 0 bridgehead atoms. The first-order valence-electron chi connectivity index (χ1n) is 8.32. The van der Waals surface area contributed by atoms with Gasteiger partial charge in [0.25, 0.3) is 11.4 Å². The van der Waals surface area contributed by atoms with Gasteiger partial charge in [-0.3, -0.25) is 25.0 Å². The highest BCUT2D eigenvalue weighted by Gasteiger charge is 2.23. The zero-order valence-electron chi connectivity index (χ0n) is 14.9. The normalized spacial score (nSPS) is 13.0. The van der Waals surface area contributed by atoms with Crippen LogP contribution in [-0.4, -0.2) is 58.3 Å².